The van der Waals surface area contributed by atoms with Crippen molar-refractivity contribution < 1.29 is 14.6 Å². The van der Waals surface area contributed by atoms with Gasteiger partial charge in [0.1, 0.15) is 11.5 Å². The lowest BCUT2D eigenvalue weighted by molar-refractivity contribution is -0.130. The van der Waals surface area contributed by atoms with Crippen LogP contribution in [0.3, 0.4) is 0 Å². The molecule has 0 bridgehead atoms. The summed E-state index contributed by atoms with van der Waals surface area (Å²) >= 11 is 0. The third-order valence-electron chi connectivity index (χ3n) is 3.58. The second kappa shape index (κ2) is 7.14. The van der Waals surface area contributed by atoms with E-state index >= 15 is 0 Å². The van der Waals surface area contributed by atoms with Crippen molar-refractivity contribution in [2.75, 3.05) is 26.7 Å². The monoisotopic (exact) mass is 278 g/mol. The molecule has 5 nitrogen and oxygen atoms in total. The molecule has 0 radical (unpaired) electrons. The zero-order chi connectivity index (χ0) is 14.4. The summed E-state index contributed by atoms with van der Waals surface area (Å²) in [7, 11) is 1.60. The van der Waals surface area contributed by atoms with E-state index in [2.05, 4.69) is 5.32 Å². The number of ether oxygens (including phenoxy) is 1. The number of benzene rings is 1. The van der Waals surface area contributed by atoms with E-state index in [0.717, 1.165) is 31.5 Å². The molecule has 5 heteroatoms. The molecule has 1 amide bonds. The SMILES string of the molecule is COc1ccc(O)c(CNCCC(=O)N2CCCC2)c1. The molecule has 110 valence electrons. The molecular formula is C15H22N2O3. The van der Waals surface area contributed by atoms with Crippen LogP contribution in [0.15, 0.2) is 18.2 Å². The summed E-state index contributed by atoms with van der Waals surface area (Å²) in [6, 6.07) is 5.13. The number of methoxy groups -OCH3 is 1. The van der Waals surface area contributed by atoms with Crippen molar-refractivity contribution in [2.45, 2.75) is 25.8 Å². The Morgan fingerprint density at radius 1 is 1.40 bits per heavy atom. The molecule has 1 aliphatic heterocycles. The third kappa shape index (κ3) is 3.87. The topological polar surface area (TPSA) is 61.8 Å². The number of hydrogen-bond donors (Lipinski definition) is 2. The minimum Gasteiger partial charge on any atom is -0.508 e. The zero-order valence-corrected chi connectivity index (χ0v) is 11.9. The van der Waals surface area contributed by atoms with Gasteiger partial charge in [-0.1, -0.05) is 0 Å². The van der Waals surface area contributed by atoms with Crippen LogP contribution in [0.5, 0.6) is 11.5 Å². The van der Waals surface area contributed by atoms with Crippen LogP contribution in [0.2, 0.25) is 0 Å². The van der Waals surface area contributed by atoms with Crippen LogP contribution in [0, 0.1) is 0 Å². The van der Waals surface area contributed by atoms with Crippen molar-refractivity contribution in [3.8, 4) is 11.5 Å². The highest BCUT2D eigenvalue weighted by Gasteiger charge is 2.16. The zero-order valence-electron chi connectivity index (χ0n) is 11.9. The van der Waals surface area contributed by atoms with E-state index in [0.29, 0.717) is 25.3 Å². The molecule has 0 saturated carbocycles. The molecule has 0 spiro atoms. The lowest BCUT2D eigenvalue weighted by Gasteiger charge is -2.15. The molecule has 0 atom stereocenters. The van der Waals surface area contributed by atoms with Crippen molar-refractivity contribution in [2.24, 2.45) is 0 Å². The van der Waals surface area contributed by atoms with Crippen molar-refractivity contribution in [1.29, 1.82) is 0 Å². The van der Waals surface area contributed by atoms with Gasteiger partial charge in [-0.25, -0.2) is 0 Å². The Kier molecular flexibility index (Phi) is 5.24. The number of nitrogens with zero attached hydrogens (tertiary/aromatic N) is 1. The molecule has 1 fully saturated rings. The fourth-order valence-electron chi connectivity index (χ4n) is 2.37. The highest BCUT2D eigenvalue weighted by molar-refractivity contribution is 5.76. The van der Waals surface area contributed by atoms with Gasteiger partial charge in [-0.3, -0.25) is 4.79 Å². The minimum atomic E-state index is 0.213. The number of amides is 1. The standard InChI is InChI=1S/C15H22N2O3/c1-20-13-4-5-14(18)12(10-13)11-16-7-6-15(19)17-8-2-3-9-17/h4-5,10,16,18H,2-3,6-9,11H2,1H3. The first-order valence-corrected chi connectivity index (χ1v) is 7.05. The average molecular weight is 278 g/mol. The van der Waals surface area contributed by atoms with Crippen LogP contribution in [-0.4, -0.2) is 42.7 Å². The fourth-order valence-corrected chi connectivity index (χ4v) is 2.37. The molecule has 0 aliphatic carbocycles. The van der Waals surface area contributed by atoms with Crippen molar-refractivity contribution in [1.82, 2.24) is 10.2 Å². The predicted octanol–water partition coefficient (Wildman–Crippen LogP) is 1.50. The van der Waals surface area contributed by atoms with Gasteiger partial charge in [0.25, 0.3) is 0 Å². The molecule has 2 rings (SSSR count). The van der Waals surface area contributed by atoms with Gasteiger partial charge in [0.15, 0.2) is 0 Å². The van der Waals surface area contributed by atoms with Gasteiger partial charge >= 0.3 is 0 Å². The van der Waals surface area contributed by atoms with Gasteiger partial charge in [-0.15, -0.1) is 0 Å². The third-order valence-corrected chi connectivity index (χ3v) is 3.58. The maximum Gasteiger partial charge on any atom is 0.223 e. The van der Waals surface area contributed by atoms with Crippen LogP contribution in [-0.2, 0) is 11.3 Å². The number of likely N-dealkylation sites (tertiary alicyclic amines) is 1. The molecule has 1 aromatic rings. The predicted molar refractivity (Wildman–Crippen MR) is 76.8 cm³/mol. The number of carbonyl (C=O) groups excluding carboxylic acids is 1. The smallest absolute Gasteiger partial charge is 0.223 e. The summed E-state index contributed by atoms with van der Waals surface area (Å²) in [6.45, 7) is 2.94. The number of phenols is 1. The van der Waals surface area contributed by atoms with E-state index in [1.165, 1.54) is 0 Å². The number of hydrogen-bond acceptors (Lipinski definition) is 4. The summed E-state index contributed by atoms with van der Waals surface area (Å²) in [5.74, 6) is 1.17. The first-order valence-electron chi connectivity index (χ1n) is 7.05. The molecule has 1 aliphatic rings. The fraction of sp³-hybridized carbons (Fsp3) is 0.533. The lowest BCUT2D eigenvalue weighted by Crippen LogP contribution is -2.30. The lowest BCUT2D eigenvalue weighted by atomic mass is 10.2. The summed E-state index contributed by atoms with van der Waals surface area (Å²) in [5, 5.41) is 12.9. The number of aromatic hydroxyl groups is 1. The van der Waals surface area contributed by atoms with Gasteiger partial charge in [-0.05, 0) is 31.0 Å². The Morgan fingerprint density at radius 2 is 2.15 bits per heavy atom. The van der Waals surface area contributed by atoms with Crippen molar-refractivity contribution in [3.63, 3.8) is 0 Å². The summed E-state index contributed by atoms with van der Waals surface area (Å²) in [6.07, 6.45) is 2.75. The van der Waals surface area contributed by atoms with E-state index in [4.69, 9.17) is 4.74 Å². The number of phenolic OH excluding ortho intramolecular Hbond substituents is 1. The van der Waals surface area contributed by atoms with Crippen LogP contribution < -0.4 is 10.1 Å². The highest BCUT2D eigenvalue weighted by atomic mass is 16.5. The Hall–Kier alpha value is -1.75. The van der Waals surface area contributed by atoms with E-state index in [9.17, 15) is 9.90 Å². The average Bonchev–Trinajstić information content (AvgIpc) is 2.99. The Morgan fingerprint density at radius 3 is 2.85 bits per heavy atom. The highest BCUT2D eigenvalue weighted by Crippen LogP contribution is 2.22. The Labute approximate surface area is 119 Å². The summed E-state index contributed by atoms with van der Waals surface area (Å²) in [5.41, 5.74) is 0.776. The van der Waals surface area contributed by atoms with E-state index < -0.39 is 0 Å². The normalized spacial score (nSPS) is 14.6. The molecule has 1 saturated heterocycles. The Bertz CT molecular complexity index is 456. The summed E-state index contributed by atoms with van der Waals surface area (Å²) in [4.78, 5) is 13.8. The largest absolute Gasteiger partial charge is 0.508 e. The maximum absolute atomic E-state index is 11.8. The Balaban J connectivity index is 1.74. The van der Waals surface area contributed by atoms with Gasteiger partial charge in [0, 0.05) is 38.2 Å². The van der Waals surface area contributed by atoms with Gasteiger partial charge in [-0.2, -0.15) is 0 Å². The molecule has 2 N–H and O–H groups in total. The van der Waals surface area contributed by atoms with E-state index in [-0.39, 0.29) is 11.7 Å². The number of carbonyl (C=O) groups is 1. The van der Waals surface area contributed by atoms with Crippen LogP contribution in [0.25, 0.3) is 0 Å². The van der Waals surface area contributed by atoms with Crippen LogP contribution in [0.1, 0.15) is 24.8 Å². The molecule has 20 heavy (non-hydrogen) atoms. The van der Waals surface area contributed by atoms with Crippen LogP contribution >= 0.6 is 0 Å². The second-order valence-corrected chi connectivity index (χ2v) is 5.01. The van der Waals surface area contributed by atoms with Gasteiger partial charge < -0.3 is 20.1 Å². The summed E-state index contributed by atoms with van der Waals surface area (Å²) < 4.78 is 5.12. The van der Waals surface area contributed by atoms with Crippen molar-refractivity contribution >= 4 is 5.91 Å². The van der Waals surface area contributed by atoms with Gasteiger partial charge in [0.2, 0.25) is 5.91 Å². The number of rotatable bonds is 6. The van der Waals surface area contributed by atoms with Crippen LogP contribution in [0.4, 0.5) is 0 Å². The van der Waals surface area contributed by atoms with E-state index in [1.54, 1.807) is 25.3 Å². The quantitative estimate of drug-likeness (QED) is 0.774. The molecule has 0 unspecified atom stereocenters. The first kappa shape index (κ1) is 14.7. The minimum absolute atomic E-state index is 0.213. The second-order valence-electron chi connectivity index (χ2n) is 5.01. The van der Waals surface area contributed by atoms with Crippen molar-refractivity contribution in [3.05, 3.63) is 23.8 Å². The van der Waals surface area contributed by atoms with Gasteiger partial charge in [0.05, 0.1) is 7.11 Å². The molecule has 1 aromatic carbocycles. The number of nitrogens with one attached hydrogen (secondary N) is 1. The molecule has 1 heterocycles. The molecule has 0 aromatic heterocycles. The maximum atomic E-state index is 11.8. The molecular weight excluding hydrogens is 256 g/mol. The first-order chi connectivity index (χ1) is 9.70. The van der Waals surface area contributed by atoms with E-state index in [1.807, 2.05) is 4.90 Å².